The Morgan fingerprint density at radius 1 is 1.36 bits per heavy atom. The number of hydrogen-bond acceptors (Lipinski definition) is 7. The minimum absolute atomic E-state index is 0.0311. The number of carbonyl (C=O) groups is 1. The zero-order valence-corrected chi connectivity index (χ0v) is 14.7. The highest BCUT2D eigenvalue weighted by molar-refractivity contribution is 5.73. The van der Waals surface area contributed by atoms with Crippen LogP contribution < -0.4 is 0 Å². The van der Waals surface area contributed by atoms with Crippen LogP contribution >= 0.6 is 0 Å². The van der Waals surface area contributed by atoms with Crippen LogP contribution in [-0.2, 0) is 14.3 Å². The fourth-order valence-corrected chi connectivity index (χ4v) is 3.57. The zero-order chi connectivity index (χ0) is 18.8. The van der Waals surface area contributed by atoms with Crippen molar-refractivity contribution in [2.24, 2.45) is 5.41 Å². The summed E-state index contributed by atoms with van der Waals surface area (Å²) in [7, 11) is 0. The molecule has 0 aromatic heterocycles. The molecule has 3 unspecified atom stereocenters. The van der Waals surface area contributed by atoms with Crippen LogP contribution in [0.1, 0.15) is 39.5 Å². The molecule has 0 aromatic rings. The molecule has 25 heavy (non-hydrogen) atoms. The lowest BCUT2D eigenvalue weighted by Gasteiger charge is -2.39. The lowest BCUT2D eigenvalue weighted by molar-refractivity contribution is -0.292. The number of carbonyl (C=O) groups excluding carboxylic acids is 1. The number of allylic oxidation sites excluding steroid dienone is 2. The van der Waals surface area contributed by atoms with Gasteiger partial charge in [0.25, 0.3) is 0 Å². The van der Waals surface area contributed by atoms with Gasteiger partial charge in [-0.2, -0.15) is 0 Å². The molecule has 0 saturated carbocycles. The van der Waals surface area contributed by atoms with Crippen LogP contribution in [0.2, 0.25) is 0 Å². The van der Waals surface area contributed by atoms with Gasteiger partial charge < -0.3 is 29.9 Å². The van der Waals surface area contributed by atoms with Gasteiger partial charge in [-0.15, -0.1) is 6.58 Å². The number of aliphatic hydroxyl groups is 4. The SMILES string of the molecule is C=CC1(C)CCCC(C)=C1CC(=O)O[C@H]1OC(CO)[C@H](O)[C@@H](O)C1O. The van der Waals surface area contributed by atoms with Crippen molar-refractivity contribution in [2.45, 2.75) is 70.2 Å². The van der Waals surface area contributed by atoms with Crippen molar-refractivity contribution in [2.75, 3.05) is 6.61 Å². The molecule has 0 radical (unpaired) electrons. The molecule has 1 aliphatic carbocycles. The maximum atomic E-state index is 12.4. The summed E-state index contributed by atoms with van der Waals surface area (Å²) in [6.07, 6.45) is -2.49. The molecule has 7 heteroatoms. The van der Waals surface area contributed by atoms with E-state index in [0.29, 0.717) is 0 Å². The van der Waals surface area contributed by atoms with Gasteiger partial charge in [-0.1, -0.05) is 24.1 Å². The highest BCUT2D eigenvalue weighted by atomic mass is 16.7. The molecule has 0 bridgehead atoms. The molecule has 2 aliphatic rings. The number of hydrogen-bond donors (Lipinski definition) is 4. The summed E-state index contributed by atoms with van der Waals surface area (Å²) >= 11 is 0. The average Bonchev–Trinajstić information content (AvgIpc) is 2.59. The van der Waals surface area contributed by atoms with Crippen LogP contribution in [0, 0.1) is 5.41 Å². The predicted octanol–water partition coefficient (Wildman–Crippen LogP) is 0.412. The summed E-state index contributed by atoms with van der Waals surface area (Å²) in [6, 6.07) is 0. The second kappa shape index (κ2) is 7.97. The zero-order valence-electron chi connectivity index (χ0n) is 14.7. The normalized spacial score (nSPS) is 39.2. The van der Waals surface area contributed by atoms with Gasteiger partial charge >= 0.3 is 5.97 Å². The van der Waals surface area contributed by atoms with Crippen molar-refractivity contribution in [1.82, 2.24) is 0 Å². The highest BCUT2D eigenvalue weighted by Crippen LogP contribution is 2.43. The standard InChI is InChI=1S/C18H28O7/c1-4-18(3)7-5-6-10(2)11(18)8-13(20)25-17-16(23)15(22)14(21)12(9-19)24-17/h4,12,14-17,19,21-23H,1,5-9H2,2-3H3/t12?,14-,15+,16?,17+,18?/m0/s1. The van der Waals surface area contributed by atoms with Crippen molar-refractivity contribution in [3.63, 3.8) is 0 Å². The summed E-state index contributed by atoms with van der Waals surface area (Å²) < 4.78 is 10.4. The molecule has 4 N–H and O–H groups in total. The van der Waals surface area contributed by atoms with Crippen molar-refractivity contribution in [3.8, 4) is 0 Å². The Balaban J connectivity index is 2.07. The lowest BCUT2D eigenvalue weighted by Crippen LogP contribution is -2.59. The van der Waals surface area contributed by atoms with Crippen LogP contribution in [0.4, 0.5) is 0 Å². The van der Waals surface area contributed by atoms with Crippen LogP contribution in [0.3, 0.4) is 0 Å². The van der Waals surface area contributed by atoms with Crippen LogP contribution in [0.15, 0.2) is 23.8 Å². The first-order chi connectivity index (χ1) is 11.7. The number of esters is 1. The molecule has 2 rings (SSSR count). The van der Waals surface area contributed by atoms with Crippen molar-refractivity contribution in [1.29, 1.82) is 0 Å². The first-order valence-electron chi connectivity index (χ1n) is 8.56. The molecule has 6 atom stereocenters. The van der Waals surface area contributed by atoms with E-state index in [1.165, 1.54) is 0 Å². The summed E-state index contributed by atoms with van der Waals surface area (Å²) in [5.41, 5.74) is 1.79. The van der Waals surface area contributed by atoms with Crippen LogP contribution in [0.25, 0.3) is 0 Å². The minimum Gasteiger partial charge on any atom is -0.432 e. The molecular weight excluding hydrogens is 328 g/mol. The Bertz CT molecular complexity index is 542. The van der Waals surface area contributed by atoms with E-state index in [1.54, 1.807) is 0 Å². The van der Waals surface area contributed by atoms with E-state index < -0.39 is 43.3 Å². The monoisotopic (exact) mass is 356 g/mol. The van der Waals surface area contributed by atoms with Gasteiger partial charge in [-0.25, -0.2) is 0 Å². The second-order valence-corrected chi connectivity index (χ2v) is 7.10. The van der Waals surface area contributed by atoms with E-state index in [-0.39, 0.29) is 11.8 Å². The topological polar surface area (TPSA) is 116 Å². The van der Waals surface area contributed by atoms with Gasteiger partial charge in [0.1, 0.15) is 24.4 Å². The van der Waals surface area contributed by atoms with Gasteiger partial charge in [-0.05, 0) is 26.2 Å². The van der Waals surface area contributed by atoms with E-state index in [2.05, 4.69) is 6.58 Å². The second-order valence-electron chi connectivity index (χ2n) is 7.10. The van der Waals surface area contributed by atoms with Gasteiger partial charge in [0.2, 0.25) is 6.29 Å². The largest absolute Gasteiger partial charge is 0.432 e. The molecule has 1 heterocycles. The van der Waals surface area contributed by atoms with Gasteiger partial charge in [0.15, 0.2) is 0 Å². The Hall–Kier alpha value is -1.25. The third-order valence-corrected chi connectivity index (χ3v) is 5.32. The molecule has 1 saturated heterocycles. The third kappa shape index (κ3) is 4.12. The maximum absolute atomic E-state index is 12.4. The summed E-state index contributed by atoms with van der Waals surface area (Å²) in [4.78, 5) is 12.4. The number of ether oxygens (including phenoxy) is 2. The molecule has 7 nitrogen and oxygen atoms in total. The predicted molar refractivity (Wildman–Crippen MR) is 89.3 cm³/mol. The molecular formula is C18H28O7. The van der Waals surface area contributed by atoms with E-state index in [0.717, 1.165) is 30.4 Å². The Morgan fingerprint density at radius 2 is 2.04 bits per heavy atom. The Kier molecular flexibility index (Phi) is 6.40. The lowest BCUT2D eigenvalue weighted by atomic mass is 9.70. The van der Waals surface area contributed by atoms with E-state index in [4.69, 9.17) is 9.47 Å². The van der Waals surface area contributed by atoms with E-state index in [9.17, 15) is 25.2 Å². The number of aliphatic hydroxyl groups excluding tert-OH is 4. The van der Waals surface area contributed by atoms with E-state index >= 15 is 0 Å². The quantitative estimate of drug-likeness (QED) is 0.416. The fourth-order valence-electron chi connectivity index (χ4n) is 3.57. The van der Waals surface area contributed by atoms with Crippen molar-refractivity contribution in [3.05, 3.63) is 23.8 Å². The fraction of sp³-hybridized carbons (Fsp3) is 0.722. The molecule has 142 valence electrons. The first kappa shape index (κ1) is 20.1. The molecule has 0 spiro atoms. The summed E-state index contributed by atoms with van der Waals surface area (Å²) in [5.74, 6) is -0.603. The minimum atomic E-state index is -1.59. The summed E-state index contributed by atoms with van der Waals surface area (Å²) in [6.45, 7) is 7.31. The maximum Gasteiger partial charge on any atom is 0.312 e. The average molecular weight is 356 g/mol. The van der Waals surface area contributed by atoms with Crippen LogP contribution in [0.5, 0.6) is 0 Å². The molecule has 0 aromatic carbocycles. The van der Waals surface area contributed by atoms with Crippen molar-refractivity contribution < 1.29 is 34.7 Å². The Labute approximate surface area is 147 Å². The van der Waals surface area contributed by atoms with Gasteiger partial charge in [-0.3, -0.25) is 4.79 Å². The molecule has 0 amide bonds. The van der Waals surface area contributed by atoms with Crippen molar-refractivity contribution >= 4 is 5.97 Å². The first-order valence-corrected chi connectivity index (χ1v) is 8.56. The number of rotatable bonds is 5. The summed E-state index contributed by atoms with van der Waals surface area (Å²) in [5, 5.41) is 38.6. The molecule has 1 fully saturated rings. The van der Waals surface area contributed by atoms with Gasteiger partial charge in [0.05, 0.1) is 13.0 Å². The van der Waals surface area contributed by atoms with Crippen LogP contribution in [-0.4, -0.2) is 63.7 Å². The highest BCUT2D eigenvalue weighted by Gasteiger charge is 2.45. The Morgan fingerprint density at radius 3 is 2.64 bits per heavy atom. The smallest absolute Gasteiger partial charge is 0.312 e. The molecule has 1 aliphatic heterocycles. The van der Waals surface area contributed by atoms with Gasteiger partial charge in [0, 0.05) is 5.41 Å². The van der Waals surface area contributed by atoms with E-state index in [1.807, 2.05) is 19.9 Å². The third-order valence-electron chi connectivity index (χ3n) is 5.32.